The number of aliphatic hydroxyl groups excluding tert-OH is 1. The third kappa shape index (κ3) is 4.84. The van der Waals surface area contributed by atoms with Crippen LogP contribution in [0.25, 0.3) is 10.9 Å². The molecule has 1 aliphatic rings. The van der Waals surface area contributed by atoms with E-state index < -0.39 is 30.5 Å². The number of hydrogen-bond acceptors (Lipinski definition) is 4. The van der Waals surface area contributed by atoms with E-state index in [-0.39, 0.29) is 17.6 Å². The third-order valence-electron chi connectivity index (χ3n) is 5.30. The topological polar surface area (TPSA) is 71.2 Å². The van der Waals surface area contributed by atoms with Gasteiger partial charge in [0.15, 0.2) is 0 Å². The van der Waals surface area contributed by atoms with Crippen molar-refractivity contribution in [3.63, 3.8) is 0 Å². The van der Waals surface area contributed by atoms with E-state index in [0.29, 0.717) is 42.6 Å². The van der Waals surface area contributed by atoms with Crippen molar-refractivity contribution in [1.29, 1.82) is 0 Å². The van der Waals surface area contributed by atoms with Gasteiger partial charge in [-0.2, -0.15) is 18.3 Å². The van der Waals surface area contributed by atoms with Crippen molar-refractivity contribution in [2.45, 2.75) is 38.1 Å². The number of aromatic nitrogens is 3. The number of fused-ring (bicyclic) bond motifs is 1. The minimum atomic E-state index is -4.50. The van der Waals surface area contributed by atoms with E-state index in [4.69, 9.17) is 0 Å². The van der Waals surface area contributed by atoms with E-state index >= 15 is 0 Å². The fraction of sp³-hybridized carbons (Fsp3) is 0.381. The van der Waals surface area contributed by atoms with Crippen molar-refractivity contribution in [2.75, 3.05) is 13.1 Å². The van der Waals surface area contributed by atoms with Gasteiger partial charge in [0, 0.05) is 31.1 Å². The Morgan fingerprint density at radius 3 is 2.48 bits per heavy atom. The van der Waals surface area contributed by atoms with Gasteiger partial charge in [0.25, 0.3) is 5.91 Å². The molecule has 164 valence electrons. The molecule has 1 fully saturated rings. The predicted octanol–water partition coefficient (Wildman–Crippen LogP) is 3.32. The molecule has 4 rings (SSSR count). The van der Waals surface area contributed by atoms with Gasteiger partial charge in [-0.25, -0.2) is 4.39 Å². The first-order valence-corrected chi connectivity index (χ1v) is 9.83. The fourth-order valence-electron chi connectivity index (χ4n) is 3.70. The second kappa shape index (κ2) is 8.26. The van der Waals surface area contributed by atoms with Gasteiger partial charge in [-0.05, 0) is 36.6 Å². The summed E-state index contributed by atoms with van der Waals surface area (Å²) in [6.07, 6.45) is -2.51. The molecule has 3 heterocycles. The summed E-state index contributed by atoms with van der Waals surface area (Å²) < 4.78 is 53.3. The quantitative estimate of drug-likeness (QED) is 0.637. The van der Waals surface area contributed by atoms with E-state index in [2.05, 4.69) is 10.1 Å². The minimum absolute atomic E-state index is 0.0283. The first kappa shape index (κ1) is 21.2. The number of likely N-dealkylation sites (tertiary alicyclic amines) is 1. The lowest BCUT2D eigenvalue weighted by Crippen LogP contribution is -2.40. The molecular formula is C21H20F4N4O2. The van der Waals surface area contributed by atoms with E-state index in [1.165, 1.54) is 29.3 Å². The maximum atomic E-state index is 13.2. The molecular weight excluding hydrogens is 416 g/mol. The van der Waals surface area contributed by atoms with Crippen molar-refractivity contribution in [3.8, 4) is 0 Å². The van der Waals surface area contributed by atoms with Crippen molar-refractivity contribution >= 4 is 16.8 Å². The molecule has 1 amide bonds. The van der Waals surface area contributed by atoms with Gasteiger partial charge in [0.2, 0.25) is 0 Å². The van der Waals surface area contributed by atoms with Crippen LogP contribution in [-0.2, 0) is 13.0 Å². The standard InChI is InChI=1S/C21H20F4N4O2/c22-14-3-1-13(2-4-14)9-17-16-11-26-18(20(31)28-7-5-15(30)6-8-28)10-19(16)29(27-17)12-21(23,24)25/h1-4,10-11,15,30H,5-9,12H2. The Morgan fingerprint density at radius 1 is 1.16 bits per heavy atom. The average Bonchev–Trinajstić information content (AvgIpc) is 3.04. The van der Waals surface area contributed by atoms with Gasteiger partial charge in [-0.3, -0.25) is 14.5 Å². The molecule has 0 bridgehead atoms. The molecule has 0 aliphatic carbocycles. The van der Waals surface area contributed by atoms with Crippen LogP contribution in [-0.4, -0.2) is 56.0 Å². The summed E-state index contributed by atoms with van der Waals surface area (Å²) in [6.45, 7) is -0.588. The lowest BCUT2D eigenvalue weighted by molar-refractivity contribution is -0.141. The highest BCUT2D eigenvalue weighted by atomic mass is 19.4. The second-order valence-corrected chi connectivity index (χ2v) is 7.63. The predicted molar refractivity (Wildman–Crippen MR) is 104 cm³/mol. The van der Waals surface area contributed by atoms with Gasteiger partial charge < -0.3 is 10.0 Å². The number of benzene rings is 1. The van der Waals surface area contributed by atoms with Crippen LogP contribution < -0.4 is 0 Å². The van der Waals surface area contributed by atoms with Crippen LogP contribution in [0.15, 0.2) is 36.5 Å². The molecule has 2 aromatic heterocycles. The molecule has 0 unspecified atom stereocenters. The summed E-state index contributed by atoms with van der Waals surface area (Å²) in [5.74, 6) is -0.806. The largest absolute Gasteiger partial charge is 0.408 e. The van der Waals surface area contributed by atoms with Crippen molar-refractivity contribution in [2.24, 2.45) is 0 Å². The zero-order valence-electron chi connectivity index (χ0n) is 16.4. The van der Waals surface area contributed by atoms with Crippen LogP contribution >= 0.6 is 0 Å². The van der Waals surface area contributed by atoms with Gasteiger partial charge in [0.1, 0.15) is 18.1 Å². The van der Waals surface area contributed by atoms with Crippen LogP contribution in [0.5, 0.6) is 0 Å². The number of aliphatic hydroxyl groups is 1. The van der Waals surface area contributed by atoms with Crippen LogP contribution in [0.2, 0.25) is 0 Å². The lowest BCUT2D eigenvalue weighted by Gasteiger charge is -2.29. The highest BCUT2D eigenvalue weighted by Gasteiger charge is 2.31. The summed E-state index contributed by atoms with van der Waals surface area (Å²) >= 11 is 0. The van der Waals surface area contributed by atoms with Gasteiger partial charge >= 0.3 is 6.18 Å². The molecule has 1 aliphatic heterocycles. The van der Waals surface area contributed by atoms with Crippen LogP contribution in [0, 0.1) is 5.82 Å². The zero-order chi connectivity index (χ0) is 22.2. The molecule has 6 nitrogen and oxygen atoms in total. The summed E-state index contributed by atoms with van der Waals surface area (Å²) in [5.41, 5.74) is 1.23. The Hall–Kier alpha value is -3.01. The Labute approximate surface area is 175 Å². The number of amides is 1. The van der Waals surface area contributed by atoms with E-state index in [1.807, 2.05) is 0 Å². The number of rotatable bonds is 4. The van der Waals surface area contributed by atoms with Crippen LogP contribution in [0.3, 0.4) is 0 Å². The molecule has 0 atom stereocenters. The van der Waals surface area contributed by atoms with Gasteiger partial charge in [-0.1, -0.05) is 12.1 Å². The Kier molecular flexibility index (Phi) is 5.65. The van der Waals surface area contributed by atoms with Crippen LogP contribution in [0.1, 0.15) is 34.6 Å². The summed E-state index contributed by atoms with van der Waals surface area (Å²) in [4.78, 5) is 18.5. The van der Waals surface area contributed by atoms with Crippen molar-refractivity contribution < 1.29 is 27.5 Å². The normalized spacial score (nSPS) is 15.6. The molecule has 0 spiro atoms. The monoisotopic (exact) mass is 436 g/mol. The van der Waals surface area contributed by atoms with Crippen molar-refractivity contribution in [1.82, 2.24) is 19.7 Å². The maximum absolute atomic E-state index is 13.2. The molecule has 3 aromatic rings. The van der Waals surface area contributed by atoms with Crippen molar-refractivity contribution in [3.05, 3.63) is 59.3 Å². The number of hydrogen-bond donors (Lipinski definition) is 1. The summed E-state index contributed by atoms with van der Waals surface area (Å²) in [5, 5.41) is 14.1. The van der Waals surface area contributed by atoms with Gasteiger partial charge in [-0.15, -0.1) is 0 Å². The smallest absolute Gasteiger partial charge is 0.393 e. The molecule has 0 radical (unpaired) electrons. The average molecular weight is 436 g/mol. The number of piperidine rings is 1. The Bertz CT molecular complexity index is 1090. The zero-order valence-corrected chi connectivity index (χ0v) is 16.4. The SMILES string of the molecule is O=C(c1cc2c(cn1)c(Cc1ccc(F)cc1)nn2CC(F)(F)F)N1CCC(O)CC1. The van der Waals surface area contributed by atoms with E-state index in [0.717, 1.165) is 4.68 Å². The first-order valence-electron chi connectivity index (χ1n) is 9.83. The third-order valence-corrected chi connectivity index (χ3v) is 5.30. The van der Waals surface area contributed by atoms with E-state index in [1.54, 1.807) is 12.1 Å². The summed E-state index contributed by atoms with van der Waals surface area (Å²) in [6, 6.07) is 6.96. The minimum Gasteiger partial charge on any atom is -0.393 e. The second-order valence-electron chi connectivity index (χ2n) is 7.63. The number of carbonyl (C=O) groups is 1. The number of carbonyl (C=O) groups excluding carboxylic acids is 1. The number of pyridine rings is 1. The molecule has 1 N–H and O–H groups in total. The lowest BCUT2D eigenvalue weighted by atomic mass is 10.1. The summed E-state index contributed by atoms with van der Waals surface area (Å²) in [7, 11) is 0. The maximum Gasteiger partial charge on any atom is 0.408 e. The Balaban J connectivity index is 1.69. The highest BCUT2D eigenvalue weighted by Crippen LogP contribution is 2.26. The molecule has 10 heteroatoms. The highest BCUT2D eigenvalue weighted by molar-refractivity contribution is 5.96. The number of alkyl halides is 3. The fourth-order valence-corrected chi connectivity index (χ4v) is 3.70. The first-order chi connectivity index (χ1) is 14.7. The molecule has 1 saturated heterocycles. The number of halogens is 4. The van der Waals surface area contributed by atoms with Gasteiger partial charge in [0.05, 0.1) is 17.3 Å². The molecule has 0 saturated carbocycles. The molecule has 1 aromatic carbocycles. The Morgan fingerprint density at radius 2 is 1.84 bits per heavy atom. The molecule has 31 heavy (non-hydrogen) atoms. The number of nitrogens with zero attached hydrogens (tertiary/aromatic N) is 4. The van der Waals surface area contributed by atoms with E-state index in [9.17, 15) is 27.5 Å². The van der Waals surface area contributed by atoms with Crippen LogP contribution in [0.4, 0.5) is 17.6 Å².